The van der Waals surface area contributed by atoms with Crippen molar-refractivity contribution in [2.75, 3.05) is 0 Å². The Morgan fingerprint density at radius 1 is 0.529 bits per heavy atom. The van der Waals surface area contributed by atoms with E-state index in [1.807, 2.05) is 0 Å². The highest BCUT2D eigenvalue weighted by atomic mass is 14.0. The molecule has 0 nitrogen and oxygen atoms in total. The van der Waals surface area contributed by atoms with Gasteiger partial charge < -0.3 is 0 Å². The second-order valence-electron chi connectivity index (χ2n) is 5.20. The van der Waals surface area contributed by atoms with Gasteiger partial charge in [0, 0.05) is 0 Å². The second-order valence-corrected chi connectivity index (χ2v) is 5.20. The molecule has 0 aromatic rings. The molecule has 0 saturated carbocycles. The van der Waals surface area contributed by atoms with Crippen LogP contribution in [0.2, 0.25) is 0 Å². The van der Waals surface area contributed by atoms with E-state index in [9.17, 15) is 0 Å². The molecule has 102 valence electrons. The molecule has 0 aromatic heterocycles. The summed E-state index contributed by atoms with van der Waals surface area (Å²) in [6.45, 7) is 4.49. The van der Waals surface area contributed by atoms with Crippen LogP contribution < -0.4 is 0 Å². The van der Waals surface area contributed by atoms with Gasteiger partial charge in [0.25, 0.3) is 0 Å². The summed E-state index contributed by atoms with van der Waals surface area (Å²) in [6, 6.07) is 0. The molecule has 0 unspecified atom stereocenters. The van der Waals surface area contributed by atoms with Gasteiger partial charge >= 0.3 is 0 Å². The van der Waals surface area contributed by atoms with Gasteiger partial charge in [-0.05, 0) is 19.3 Å². The van der Waals surface area contributed by atoms with Crippen LogP contribution in [0.1, 0.15) is 97.3 Å². The minimum Gasteiger partial charge on any atom is -0.0888 e. The van der Waals surface area contributed by atoms with Crippen LogP contribution in [0, 0.1) is 0 Å². The summed E-state index contributed by atoms with van der Waals surface area (Å²) in [4.78, 5) is 0. The summed E-state index contributed by atoms with van der Waals surface area (Å²) in [5, 5.41) is 0. The van der Waals surface area contributed by atoms with Crippen molar-refractivity contribution in [1.82, 2.24) is 0 Å². The van der Waals surface area contributed by atoms with Gasteiger partial charge in [0.2, 0.25) is 0 Å². The second kappa shape index (κ2) is 15.7. The van der Waals surface area contributed by atoms with Gasteiger partial charge in [0.15, 0.2) is 0 Å². The topological polar surface area (TPSA) is 0 Å². The van der Waals surface area contributed by atoms with Crippen LogP contribution >= 0.6 is 0 Å². The Morgan fingerprint density at radius 3 is 1.47 bits per heavy atom. The van der Waals surface area contributed by atoms with Crippen molar-refractivity contribution < 1.29 is 0 Å². The molecule has 0 spiro atoms. The van der Waals surface area contributed by atoms with Crippen molar-refractivity contribution in [1.29, 1.82) is 0 Å². The third kappa shape index (κ3) is 15.7. The molecule has 0 bridgehead atoms. The lowest BCUT2D eigenvalue weighted by molar-refractivity contribution is 0.550. The minimum absolute atomic E-state index is 1.19. The summed E-state index contributed by atoms with van der Waals surface area (Å²) in [5.74, 6) is 0. The number of unbranched alkanes of at least 4 members (excludes halogenated alkanes) is 11. The number of allylic oxidation sites excluding steroid dienone is 2. The van der Waals surface area contributed by atoms with E-state index in [1.54, 1.807) is 0 Å². The van der Waals surface area contributed by atoms with Crippen molar-refractivity contribution in [2.45, 2.75) is 97.3 Å². The van der Waals surface area contributed by atoms with Crippen LogP contribution in [0.4, 0.5) is 0 Å². The first kappa shape index (κ1) is 16.7. The highest BCUT2D eigenvalue weighted by Gasteiger charge is 1.92. The van der Waals surface area contributed by atoms with Gasteiger partial charge in [-0.1, -0.05) is 90.2 Å². The van der Waals surface area contributed by atoms with E-state index in [0.717, 1.165) is 0 Å². The van der Waals surface area contributed by atoms with Crippen LogP contribution in [0.15, 0.2) is 12.2 Å². The van der Waals surface area contributed by atoms with Crippen LogP contribution in [-0.2, 0) is 0 Å². The van der Waals surface area contributed by atoms with E-state index >= 15 is 0 Å². The van der Waals surface area contributed by atoms with Crippen LogP contribution in [0.25, 0.3) is 0 Å². The van der Waals surface area contributed by atoms with Gasteiger partial charge in [-0.25, -0.2) is 0 Å². The molecule has 0 amide bonds. The molecule has 0 aliphatic heterocycles. The summed E-state index contributed by atoms with van der Waals surface area (Å²) < 4.78 is 0. The van der Waals surface area contributed by atoms with Crippen molar-refractivity contribution >= 4 is 0 Å². The van der Waals surface area contributed by atoms with Gasteiger partial charge in [0.05, 0.1) is 0 Å². The summed E-state index contributed by atoms with van der Waals surface area (Å²) in [6.07, 6.45) is 23.0. The maximum absolute atomic E-state index is 2.34. The third-order valence-electron chi connectivity index (χ3n) is 3.38. The fourth-order valence-electron chi connectivity index (χ4n) is 2.21. The normalized spacial score (nSPS) is 11.4. The molecule has 0 fully saturated rings. The lowest BCUT2D eigenvalue weighted by Gasteiger charge is -2.01. The standard InChI is InChI=1S/C17H34/c1-3-5-7-9-11-13-15-17-16-14-12-10-8-6-4-2/h5,7H,3-4,6,8-17H2,1-2H3/b7-5-. The monoisotopic (exact) mass is 238 g/mol. The van der Waals surface area contributed by atoms with Gasteiger partial charge in [-0.3, -0.25) is 0 Å². The quantitative estimate of drug-likeness (QED) is 0.249. The summed E-state index contributed by atoms with van der Waals surface area (Å²) in [5.41, 5.74) is 0. The average molecular weight is 238 g/mol. The van der Waals surface area contributed by atoms with Crippen molar-refractivity contribution in [3.63, 3.8) is 0 Å². The minimum atomic E-state index is 1.19. The number of hydrogen-bond acceptors (Lipinski definition) is 0. The Labute approximate surface area is 110 Å². The molecular formula is C17H34. The molecule has 0 atom stereocenters. The predicted molar refractivity (Wildman–Crippen MR) is 80.5 cm³/mol. The van der Waals surface area contributed by atoms with Crippen molar-refractivity contribution in [3.05, 3.63) is 12.2 Å². The zero-order chi connectivity index (χ0) is 12.6. The Hall–Kier alpha value is -0.260. The first-order valence-electron chi connectivity index (χ1n) is 8.06. The fraction of sp³-hybridized carbons (Fsp3) is 0.882. The number of hydrogen-bond donors (Lipinski definition) is 0. The van der Waals surface area contributed by atoms with Crippen LogP contribution in [-0.4, -0.2) is 0 Å². The molecule has 17 heavy (non-hydrogen) atoms. The highest BCUT2D eigenvalue weighted by Crippen LogP contribution is 2.11. The van der Waals surface area contributed by atoms with Crippen molar-refractivity contribution in [2.24, 2.45) is 0 Å². The van der Waals surface area contributed by atoms with Crippen molar-refractivity contribution in [3.8, 4) is 0 Å². The molecule has 0 heterocycles. The van der Waals surface area contributed by atoms with Gasteiger partial charge in [-0.15, -0.1) is 0 Å². The van der Waals surface area contributed by atoms with E-state index in [2.05, 4.69) is 26.0 Å². The maximum atomic E-state index is 2.34. The van der Waals surface area contributed by atoms with E-state index in [-0.39, 0.29) is 0 Å². The van der Waals surface area contributed by atoms with E-state index in [4.69, 9.17) is 0 Å². The Bertz CT molecular complexity index is 146. The molecule has 0 aliphatic carbocycles. The Kier molecular flexibility index (Phi) is 15.5. The van der Waals surface area contributed by atoms with E-state index in [1.165, 1.54) is 83.5 Å². The molecule has 0 aromatic carbocycles. The smallest absolute Gasteiger partial charge is 0.0351 e. The summed E-state index contributed by atoms with van der Waals surface area (Å²) >= 11 is 0. The Morgan fingerprint density at radius 2 is 1.00 bits per heavy atom. The largest absolute Gasteiger partial charge is 0.0888 e. The first-order valence-corrected chi connectivity index (χ1v) is 8.06. The van der Waals surface area contributed by atoms with E-state index < -0.39 is 0 Å². The SMILES string of the molecule is CC/C=C\CCCCCCCCCCCCC. The molecule has 0 radical (unpaired) electrons. The third-order valence-corrected chi connectivity index (χ3v) is 3.38. The average Bonchev–Trinajstić information content (AvgIpc) is 2.35. The zero-order valence-electron chi connectivity index (χ0n) is 12.3. The predicted octanol–water partition coefficient (Wildman–Crippen LogP) is 6.65. The lowest BCUT2D eigenvalue weighted by atomic mass is 10.1. The lowest BCUT2D eigenvalue weighted by Crippen LogP contribution is -1.81. The molecule has 0 rings (SSSR count). The zero-order valence-corrected chi connectivity index (χ0v) is 12.3. The number of rotatable bonds is 13. The molecule has 0 saturated heterocycles. The summed E-state index contributed by atoms with van der Waals surface area (Å²) in [7, 11) is 0. The molecule has 0 heteroatoms. The molecule has 0 N–H and O–H groups in total. The van der Waals surface area contributed by atoms with E-state index in [0.29, 0.717) is 0 Å². The fourth-order valence-corrected chi connectivity index (χ4v) is 2.21. The maximum Gasteiger partial charge on any atom is -0.0351 e. The van der Waals surface area contributed by atoms with Gasteiger partial charge in [0.1, 0.15) is 0 Å². The molecular weight excluding hydrogens is 204 g/mol. The highest BCUT2D eigenvalue weighted by molar-refractivity contribution is 4.79. The first-order chi connectivity index (χ1) is 8.41. The van der Waals surface area contributed by atoms with Crippen LogP contribution in [0.5, 0.6) is 0 Å². The van der Waals surface area contributed by atoms with Crippen LogP contribution in [0.3, 0.4) is 0 Å². The Balaban J connectivity index is 2.91. The van der Waals surface area contributed by atoms with Gasteiger partial charge in [-0.2, -0.15) is 0 Å². The molecule has 0 aliphatic rings.